The number of nitrogens with zero attached hydrogens (tertiary/aromatic N) is 4. The van der Waals surface area contributed by atoms with Gasteiger partial charge < -0.3 is 15.5 Å². The lowest BCUT2D eigenvalue weighted by atomic mass is 10.3. The van der Waals surface area contributed by atoms with Crippen molar-refractivity contribution in [2.75, 3.05) is 37.6 Å². The maximum atomic E-state index is 11.8. The third-order valence-electron chi connectivity index (χ3n) is 2.99. The SMILES string of the molecule is Cc1nsc(N2CCCN(C(=O)CCN)CC2)n1.Cl.Cl. The fourth-order valence-corrected chi connectivity index (χ4v) is 2.78. The van der Waals surface area contributed by atoms with Crippen LogP contribution >= 0.6 is 36.3 Å². The number of aromatic nitrogens is 2. The van der Waals surface area contributed by atoms with Gasteiger partial charge in [-0.25, -0.2) is 4.98 Å². The summed E-state index contributed by atoms with van der Waals surface area (Å²) in [7, 11) is 0. The maximum absolute atomic E-state index is 11.8. The second-order valence-corrected chi connectivity index (χ2v) is 5.11. The molecule has 0 aliphatic carbocycles. The van der Waals surface area contributed by atoms with Crippen molar-refractivity contribution >= 4 is 47.4 Å². The Bertz CT molecular complexity index is 417. The first-order chi connectivity index (χ1) is 8.70. The van der Waals surface area contributed by atoms with E-state index in [0.717, 1.165) is 43.6 Å². The molecule has 0 atom stereocenters. The number of hydrogen-bond donors (Lipinski definition) is 1. The molecule has 2 rings (SSSR count). The molecule has 1 aliphatic heterocycles. The lowest BCUT2D eigenvalue weighted by Crippen LogP contribution is -2.36. The van der Waals surface area contributed by atoms with E-state index >= 15 is 0 Å². The summed E-state index contributed by atoms with van der Waals surface area (Å²) in [5.74, 6) is 0.975. The molecule has 0 aromatic carbocycles. The molecule has 0 radical (unpaired) electrons. The predicted molar refractivity (Wildman–Crippen MR) is 86.2 cm³/mol. The first kappa shape index (κ1) is 19.4. The molecule has 1 aromatic heterocycles. The second-order valence-electron chi connectivity index (χ2n) is 4.38. The van der Waals surface area contributed by atoms with Crippen molar-refractivity contribution in [3.8, 4) is 0 Å². The molecular weight excluding hydrogens is 321 g/mol. The summed E-state index contributed by atoms with van der Waals surface area (Å²) in [6, 6.07) is 0. The van der Waals surface area contributed by atoms with Crippen molar-refractivity contribution < 1.29 is 4.79 Å². The highest BCUT2D eigenvalue weighted by molar-refractivity contribution is 7.09. The lowest BCUT2D eigenvalue weighted by Gasteiger charge is -2.21. The fourth-order valence-electron chi connectivity index (χ4n) is 2.05. The molecule has 1 aliphatic rings. The smallest absolute Gasteiger partial charge is 0.223 e. The highest BCUT2D eigenvalue weighted by Gasteiger charge is 2.20. The highest BCUT2D eigenvalue weighted by Crippen LogP contribution is 2.18. The molecule has 1 fully saturated rings. The Hall–Kier alpha value is -0.630. The maximum Gasteiger partial charge on any atom is 0.223 e. The lowest BCUT2D eigenvalue weighted by molar-refractivity contribution is -0.130. The van der Waals surface area contributed by atoms with E-state index in [1.54, 1.807) is 0 Å². The van der Waals surface area contributed by atoms with Crippen molar-refractivity contribution in [3.63, 3.8) is 0 Å². The van der Waals surface area contributed by atoms with Gasteiger partial charge in [-0.2, -0.15) is 4.37 Å². The second kappa shape index (κ2) is 9.33. The summed E-state index contributed by atoms with van der Waals surface area (Å²) in [6.45, 7) is 5.64. The number of nitrogens with two attached hydrogens (primary N) is 1. The van der Waals surface area contributed by atoms with E-state index in [1.165, 1.54) is 11.5 Å². The number of anilines is 1. The Morgan fingerprint density at radius 3 is 2.65 bits per heavy atom. The van der Waals surface area contributed by atoms with Gasteiger partial charge in [0.2, 0.25) is 11.0 Å². The number of aryl methyl sites for hydroxylation is 1. The molecular formula is C11H21Cl2N5OS. The van der Waals surface area contributed by atoms with Gasteiger partial charge in [0.1, 0.15) is 5.82 Å². The molecule has 1 amide bonds. The van der Waals surface area contributed by atoms with Crippen LogP contribution in [0.15, 0.2) is 0 Å². The van der Waals surface area contributed by atoms with Crippen molar-refractivity contribution in [2.24, 2.45) is 5.73 Å². The van der Waals surface area contributed by atoms with Crippen LogP contribution < -0.4 is 10.6 Å². The zero-order chi connectivity index (χ0) is 13.0. The Kier molecular flexibility index (Phi) is 9.04. The first-order valence-electron chi connectivity index (χ1n) is 6.24. The molecule has 1 aromatic rings. The monoisotopic (exact) mass is 341 g/mol. The summed E-state index contributed by atoms with van der Waals surface area (Å²) in [5.41, 5.74) is 5.42. The van der Waals surface area contributed by atoms with Crippen molar-refractivity contribution in [3.05, 3.63) is 5.82 Å². The van der Waals surface area contributed by atoms with Crippen LogP contribution in [0, 0.1) is 6.92 Å². The predicted octanol–water partition coefficient (Wildman–Crippen LogP) is 1.08. The molecule has 1 saturated heterocycles. The number of carbonyl (C=O) groups excluding carboxylic acids is 1. The summed E-state index contributed by atoms with van der Waals surface area (Å²) < 4.78 is 4.20. The number of halogens is 2. The standard InChI is InChI=1S/C11H19N5OS.2ClH/c1-9-13-11(18-14-9)16-6-2-5-15(7-8-16)10(17)3-4-12;;/h2-8,12H2,1H3;2*1H. The molecule has 6 nitrogen and oxygen atoms in total. The summed E-state index contributed by atoms with van der Waals surface area (Å²) in [4.78, 5) is 20.3. The molecule has 0 saturated carbocycles. The van der Waals surface area contributed by atoms with E-state index in [0.29, 0.717) is 13.0 Å². The van der Waals surface area contributed by atoms with Gasteiger partial charge in [-0.05, 0) is 13.3 Å². The Morgan fingerprint density at radius 1 is 1.30 bits per heavy atom. The molecule has 0 spiro atoms. The van der Waals surface area contributed by atoms with Crippen LogP contribution in [0.5, 0.6) is 0 Å². The van der Waals surface area contributed by atoms with Crippen molar-refractivity contribution in [1.82, 2.24) is 14.3 Å². The van der Waals surface area contributed by atoms with Crippen molar-refractivity contribution in [1.29, 1.82) is 0 Å². The van der Waals surface area contributed by atoms with E-state index in [-0.39, 0.29) is 30.7 Å². The van der Waals surface area contributed by atoms with Crippen LogP contribution in [0.4, 0.5) is 5.13 Å². The van der Waals surface area contributed by atoms with Crippen LogP contribution in [0.2, 0.25) is 0 Å². The Labute approximate surface area is 135 Å². The van der Waals surface area contributed by atoms with Gasteiger partial charge in [-0.1, -0.05) is 0 Å². The minimum Gasteiger partial charge on any atom is -0.345 e. The van der Waals surface area contributed by atoms with E-state index in [9.17, 15) is 4.79 Å². The van der Waals surface area contributed by atoms with Crippen LogP contribution in [-0.4, -0.2) is 52.9 Å². The summed E-state index contributed by atoms with van der Waals surface area (Å²) in [5, 5.41) is 0.959. The number of rotatable bonds is 3. The average molecular weight is 342 g/mol. The molecule has 2 N–H and O–H groups in total. The van der Waals surface area contributed by atoms with E-state index in [2.05, 4.69) is 14.3 Å². The zero-order valence-corrected chi connectivity index (χ0v) is 13.9. The Morgan fingerprint density at radius 2 is 2.05 bits per heavy atom. The minimum atomic E-state index is 0. The third-order valence-corrected chi connectivity index (χ3v) is 3.86. The number of hydrogen-bond acceptors (Lipinski definition) is 6. The van der Waals surface area contributed by atoms with Crippen LogP contribution in [0.1, 0.15) is 18.7 Å². The highest BCUT2D eigenvalue weighted by atomic mass is 35.5. The fraction of sp³-hybridized carbons (Fsp3) is 0.727. The number of carbonyl (C=O) groups is 1. The van der Waals surface area contributed by atoms with E-state index in [4.69, 9.17) is 5.73 Å². The van der Waals surface area contributed by atoms with Gasteiger partial charge in [0.15, 0.2) is 0 Å². The number of amides is 1. The summed E-state index contributed by atoms with van der Waals surface area (Å²) >= 11 is 1.43. The Balaban J connectivity index is 0.00000180. The van der Waals surface area contributed by atoms with E-state index in [1.807, 2.05) is 11.8 Å². The molecule has 0 bridgehead atoms. The normalized spacial score (nSPS) is 15.1. The largest absolute Gasteiger partial charge is 0.345 e. The van der Waals surface area contributed by atoms with Gasteiger partial charge in [0.25, 0.3) is 0 Å². The van der Waals surface area contributed by atoms with E-state index < -0.39 is 0 Å². The summed E-state index contributed by atoms with van der Waals surface area (Å²) in [6.07, 6.45) is 1.41. The van der Waals surface area contributed by atoms with Crippen molar-refractivity contribution in [2.45, 2.75) is 19.8 Å². The van der Waals surface area contributed by atoms with Crippen LogP contribution in [0.3, 0.4) is 0 Å². The minimum absolute atomic E-state index is 0. The van der Waals surface area contributed by atoms with Gasteiger partial charge in [0.05, 0.1) is 0 Å². The van der Waals surface area contributed by atoms with Gasteiger partial charge in [0, 0.05) is 50.7 Å². The first-order valence-corrected chi connectivity index (χ1v) is 7.01. The van der Waals surface area contributed by atoms with Gasteiger partial charge >= 0.3 is 0 Å². The molecule has 0 unspecified atom stereocenters. The molecule has 116 valence electrons. The molecule has 9 heteroatoms. The van der Waals surface area contributed by atoms with Gasteiger partial charge in [-0.15, -0.1) is 24.8 Å². The van der Waals surface area contributed by atoms with Gasteiger partial charge in [-0.3, -0.25) is 4.79 Å². The van der Waals surface area contributed by atoms with Crippen LogP contribution in [-0.2, 0) is 4.79 Å². The van der Waals surface area contributed by atoms with Crippen LogP contribution in [0.25, 0.3) is 0 Å². The topological polar surface area (TPSA) is 75.4 Å². The average Bonchev–Trinajstić information content (AvgIpc) is 2.65. The quantitative estimate of drug-likeness (QED) is 0.890. The zero-order valence-electron chi connectivity index (χ0n) is 11.4. The third kappa shape index (κ3) is 5.05. The molecule has 20 heavy (non-hydrogen) atoms. The molecule has 2 heterocycles.